The summed E-state index contributed by atoms with van der Waals surface area (Å²) in [5.74, 6) is 1.48. The van der Waals surface area contributed by atoms with Crippen molar-refractivity contribution in [2.24, 2.45) is 7.05 Å². The monoisotopic (exact) mass is 349 g/mol. The molecule has 4 aromatic rings. The van der Waals surface area contributed by atoms with Gasteiger partial charge in [0.25, 0.3) is 5.91 Å². The Hall–Kier alpha value is -3.35. The van der Waals surface area contributed by atoms with E-state index in [0.29, 0.717) is 18.7 Å². The molecule has 0 spiro atoms. The molecule has 4 rings (SSSR count). The van der Waals surface area contributed by atoms with Crippen molar-refractivity contribution < 1.29 is 9.53 Å². The van der Waals surface area contributed by atoms with Gasteiger partial charge >= 0.3 is 0 Å². The molecule has 0 atom stereocenters. The van der Waals surface area contributed by atoms with Gasteiger partial charge in [-0.1, -0.05) is 6.07 Å². The summed E-state index contributed by atoms with van der Waals surface area (Å²) in [7, 11) is 3.52. The lowest BCUT2D eigenvalue weighted by molar-refractivity contribution is 0.0946. The molecule has 7 heteroatoms. The third-order valence-corrected chi connectivity index (χ3v) is 4.50. The van der Waals surface area contributed by atoms with Gasteiger partial charge in [0.1, 0.15) is 17.3 Å². The summed E-state index contributed by atoms with van der Waals surface area (Å²) in [6, 6.07) is 13.4. The quantitative estimate of drug-likeness (QED) is 0.599. The van der Waals surface area contributed by atoms with Crippen LogP contribution >= 0.6 is 0 Å². The lowest BCUT2D eigenvalue weighted by Gasteiger charge is -2.06. The van der Waals surface area contributed by atoms with E-state index in [4.69, 9.17) is 4.74 Å². The number of amides is 1. The van der Waals surface area contributed by atoms with Gasteiger partial charge in [0.15, 0.2) is 5.65 Å². The molecule has 0 radical (unpaired) electrons. The number of hydrogen-bond donors (Lipinski definition) is 1. The van der Waals surface area contributed by atoms with Gasteiger partial charge in [0.2, 0.25) is 0 Å². The number of ether oxygens (including phenoxy) is 1. The summed E-state index contributed by atoms with van der Waals surface area (Å²) < 4.78 is 9.06. The zero-order valence-electron chi connectivity index (χ0n) is 14.6. The minimum atomic E-state index is -0.114. The lowest BCUT2D eigenvalue weighted by atomic mass is 10.2. The third-order valence-electron chi connectivity index (χ3n) is 4.50. The molecule has 0 aliphatic carbocycles. The molecule has 3 aromatic heterocycles. The maximum Gasteiger partial charge on any atom is 0.267 e. The van der Waals surface area contributed by atoms with Crippen LogP contribution in [-0.4, -0.2) is 38.7 Å². The third kappa shape index (κ3) is 2.77. The van der Waals surface area contributed by atoms with Gasteiger partial charge < -0.3 is 14.6 Å². The summed E-state index contributed by atoms with van der Waals surface area (Å²) in [4.78, 5) is 12.6. The van der Waals surface area contributed by atoms with Gasteiger partial charge in [-0.2, -0.15) is 0 Å². The molecule has 0 fully saturated rings. The number of rotatable bonds is 5. The molecule has 0 aliphatic rings. The van der Waals surface area contributed by atoms with E-state index in [1.807, 2.05) is 64.7 Å². The zero-order valence-corrected chi connectivity index (χ0v) is 14.6. The molecule has 0 saturated carbocycles. The predicted octanol–water partition coefficient (Wildman–Crippen LogP) is 2.20. The number of methoxy groups -OCH3 is 1. The first-order valence-corrected chi connectivity index (χ1v) is 8.37. The Morgan fingerprint density at radius 3 is 2.92 bits per heavy atom. The largest absolute Gasteiger partial charge is 0.497 e. The van der Waals surface area contributed by atoms with Gasteiger partial charge in [-0.3, -0.25) is 9.20 Å². The van der Waals surface area contributed by atoms with Crippen molar-refractivity contribution in [1.82, 2.24) is 24.5 Å². The first-order valence-electron chi connectivity index (χ1n) is 8.37. The van der Waals surface area contributed by atoms with Crippen molar-refractivity contribution in [2.75, 3.05) is 13.7 Å². The molecular formula is C19H19N5O2. The Labute approximate surface area is 150 Å². The summed E-state index contributed by atoms with van der Waals surface area (Å²) in [6.07, 6.45) is 2.53. The van der Waals surface area contributed by atoms with Gasteiger partial charge in [0, 0.05) is 37.1 Å². The van der Waals surface area contributed by atoms with E-state index < -0.39 is 0 Å². The van der Waals surface area contributed by atoms with Crippen LogP contribution in [0.15, 0.2) is 48.7 Å². The van der Waals surface area contributed by atoms with Crippen LogP contribution < -0.4 is 10.1 Å². The molecule has 0 aliphatic heterocycles. The molecule has 26 heavy (non-hydrogen) atoms. The van der Waals surface area contributed by atoms with Crippen molar-refractivity contribution in [3.8, 4) is 5.75 Å². The van der Waals surface area contributed by atoms with Gasteiger partial charge in [-0.25, -0.2) is 0 Å². The van der Waals surface area contributed by atoms with E-state index in [2.05, 4.69) is 15.5 Å². The number of fused-ring (bicyclic) bond motifs is 2. The number of nitrogens with one attached hydrogen (secondary N) is 1. The van der Waals surface area contributed by atoms with Crippen LogP contribution in [-0.2, 0) is 13.5 Å². The number of aromatic nitrogens is 4. The zero-order chi connectivity index (χ0) is 18.1. The van der Waals surface area contributed by atoms with Crippen molar-refractivity contribution in [2.45, 2.75) is 6.42 Å². The highest BCUT2D eigenvalue weighted by Crippen LogP contribution is 2.23. The normalized spacial score (nSPS) is 11.2. The minimum Gasteiger partial charge on any atom is -0.497 e. The van der Waals surface area contributed by atoms with E-state index in [-0.39, 0.29) is 5.91 Å². The number of pyridine rings is 1. The molecule has 1 N–H and O–H groups in total. The fraction of sp³-hybridized carbons (Fsp3) is 0.211. The van der Waals surface area contributed by atoms with Crippen molar-refractivity contribution in [1.29, 1.82) is 0 Å². The summed E-state index contributed by atoms with van der Waals surface area (Å²) in [6.45, 7) is 0.485. The number of hydrogen-bond acceptors (Lipinski definition) is 4. The van der Waals surface area contributed by atoms with E-state index in [0.717, 1.165) is 28.1 Å². The molecule has 132 valence electrons. The molecule has 3 heterocycles. The van der Waals surface area contributed by atoms with Crippen molar-refractivity contribution in [3.63, 3.8) is 0 Å². The molecule has 1 amide bonds. The van der Waals surface area contributed by atoms with Gasteiger partial charge in [0.05, 0.1) is 7.11 Å². The molecule has 1 aromatic carbocycles. The highest BCUT2D eigenvalue weighted by molar-refractivity contribution is 5.99. The number of benzene rings is 1. The first-order chi connectivity index (χ1) is 12.7. The Morgan fingerprint density at radius 1 is 1.19 bits per heavy atom. The average molecular weight is 349 g/mol. The van der Waals surface area contributed by atoms with E-state index >= 15 is 0 Å². The summed E-state index contributed by atoms with van der Waals surface area (Å²) >= 11 is 0. The minimum absolute atomic E-state index is 0.114. The molecule has 0 saturated heterocycles. The molecule has 0 bridgehead atoms. The molecular weight excluding hydrogens is 330 g/mol. The number of aryl methyl sites for hydroxylation is 1. The fourth-order valence-corrected chi connectivity index (χ4v) is 3.11. The smallest absolute Gasteiger partial charge is 0.267 e. The second-order valence-corrected chi connectivity index (χ2v) is 6.06. The van der Waals surface area contributed by atoms with E-state index in [1.54, 1.807) is 7.11 Å². The Morgan fingerprint density at radius 2 is 2.08 bits per heavy atom. The lowest BCUT2D eigenvalue weighted by Crippen LogP contribution is -2.27. The molecule has 0 unspecified atom stereocenters. The second kappa shape index (κ2) is 6.51. The summed E-state index contributed by atoms with van der Waals surface area (Å²) in [5, 5.41) is 12.2. The predicted molar refractivity (Wildman–Crippen MR) is 98.5 cm³/mol. The average Bonchev–Trinajstić information content (AvgIpc) is 3.23. The van der Waals surface area contributed by atoms with Crippen LogP contribution in [0.1, 0.15) is 16.3 Å². The highest BCUT2D eigenvalue weighted by Gasteiger charge is 2.14. The number of nitrogens with zero attached hydrogens (tertiary/aromatic N) is 4. The highest BCUT2D eigenvalue weighted by atomic mass is 16.5. The number of carbonyl (C=O) groups is 1. The Bertz CT molecular complexity index is 1100. The van der Waals surface area contributed by atoms with E-state index in [9.17, 15) is 4.79 Å². The van der Waals surface area contributed by atoms with Crippen LogP contribution in [0, 0.1) is 0 Å². The first kappa shape index (κ1) is 16.1. The summed E-state index contributed by atoms with van der Waals surface area (Å²) in [5.41, 5.74) is 2.40. The standard InChI is InChI=1S/C19H19N5O2/c1-23-15-7-6-14(26-2)11-13(15)12-16(23)19(25)20-9-8-18-22-21-17-5-3-4-10-24(17)18/h3-7,10-12H,8-9H2,1-2H3,(H,20,25). The van der Waals surface area contributed by atoms with Crippen LogP contribution in [0.25, 0.3) is 16.6 Å². The topological polar surface area (TPSA) is 73.4 Å². The Kier molecular flexibility index (Phi) is 4.04. The van der Waals surface area contributed by atoms with Crippen LogP contribution in [0.2, 0.25) is 0 Å². The SMILES string of the molecule is COc1ccc2c(c1)cc(C(=O)NCCc1nnc3ccccn13)n2C. The van der Waals surface area contributed by atoms with Crippen molar-refractivity contribution in [3.05, 3.63) is 60.2 Å². The van der Waals surface area contributed by atoms with Crippen LogP contribution in [0.3, 0.4) is 0 Å². The maximum absolute atomic E-state index is 12.6. The van der Waals surface area contributed by atoms with Crippen molar-refractivity contribution >= 4 is 22.5 Å². The van der Waals surface area contributed by atoms with Gasteiger partial charge in [-0.05, 0) is 36.4 Å². The van der Waals surface area contributed by atoms with Gasteiger partial charge in [-0.15, -0.1) is 10.2 Å². The second-order valence-electron chi connectivity index (χ2n) is 6.06. The van der Waals surface area contributed by atoms with Crippen LogP contribution in [0.5, 0.6) is 5.75 Å². The molecule has 7 nitrogen and oxygen atoms in total. The van der Waals surface area contributed by atoms with Crippen LogP contribution in [0.4, 0.5) is 0 Å². The maximum atomic E-state index is 12.6. The number of carbonyl (C=O) groups excluding carboxylic acids is 1. The Balaban J connectivity index is 1.48. The van der Waals surface area contributed by atoms with E-state index in [1.165, 1.54) is 0 Å². The fourth-order valence-electron chi connectivity index (χ4n) is 3.11.